The maximum Gasteiger partial charge on any atom is 0.303 e. The molecule has 0 unspecified atom stereocenters. The van der Waals surface area contributed by atoms with Crippen molar-refractivity contribution >= 4 is 17.6 Å². The van der Waals surface area contributed by atoms with Crippen molar-refractivity contribution in [1.82, 2.24) is 4.90 Å². The number of halogens is 1. The first-order chi connectivity index (χ1) is 9.58. The number of aliphatic carboxylic acids is 1. The van der Waals surface area contributed by atoms with E-state index < -0.39 is 5.97 Å². The molecular weight excluding hydrogens is 278 g/mol. The number of carboxylic acids is 1. The minimum Gasteiger partial charge on any atom is -0.481 e. The van der Waals surface area contributed by atoms with E-state index in [4.69, 9.17) is 21.4 Å². The molecule has 4 nitrogen and oxygen atoms in total. The van der Waals surface area contributed by atoms with Crippen LogP contribution in [-0.2, 0) is 9.53 Å². The molecule has 0 spiro atoms. The molecule has 0 radical (unpaired) electrons. The molecule has 0 aromatic heterocycles. The molecule has 1 saturated heterocycles. The van der Waals surface area contributed by atoms with Gasteiger partial charge in [0.1, 0.15) is 0 Å². The Morgan fingerprint density at radius 2 is 2.25 bits per heavy atom. The van der Waals surface area contributed by atoms with Gasteiger partial charge in [0.25, 0.3) is 0 Å². The molecular formula is C15H20ClNO3. The number of rotatable bonds is 5. The van der Waals surface area contributed by atoms with Crippen molar-refractivity contribution in [2.45, 2.75) is 31.9 Å². The first-order valence-electron chi connectivity index (χ1n) is 6.90. The maximum absolute atomic E-state index is 10.6. The highest BCUT2D eigenvalue weighted by atomic mass is 35.5. The Morgan fingerprint density at radius 3 is 2.95 bits per heavy atom. The number of morpholine rings is 1. The zero-order valence-electron chi connectivity index (χ0n) is 11.6. The van der Waals surface area contributed by atoms with Gasteiger partial charge in [0.05, 0.1) is 12.7 Å². The highest BCUT2D eigenvalue weighted by Gasteiger charge is 2.27. The van der Waals surface area contributed by atoms with Crippen LogP contribution in [0, 0.1) is 0 Å². The average molecular weight is 298 g/mol. The molecule has 5 heteroatoms. The van der Waals surface area contributed by atoms with E-state index in [0.717, 1.165) is 23.7 Å². The van der Waals surface area contributed by atoms with Crippen LogP contribution in [-0.4, -0.2) is 41.7 Å². The number of hydrogen-bond acceptors (Lipinski definition) is 3. The zero-order chi connectivity index (χ0) is 14.5. The highest BCUT2D eigenvalue weighted by molar-refractivity contribution is 6.31. The van der Waals surface area contributed by atoms with Crippen LogP contribution in [0.3, 0.4) is 0 Å². The van der Waals surface area contributed by atoms with Gasteiger partial charge in [-0.3, -0.25) is 9.69 Å². The van der Waals surface area contributed by atoms with Crippen molar-refractivity contribution in [1.29, 1.82) is 0 Å². The normalized spacial score (nSPS) is 23.7. The molecule has 1 aromatic carbocycles. The summed E-state index contributed by atoms with van der Waals surface area (Å²) in [6.45, 7) is 4.27. The lowest BCUT2D eigenvalue weighted by atomic mass is 10.1. The maximum atomic E-state index is 10.6. The Balaban J connectivity index is 1.97. The molecule has 110 valence electrons. The quantitative estimate of drug-likeness (QED) is 0.908. The summed E-state index contributed by atoms with van der Waals surface area (Å²) in [7, 11) is 0. The van der Waals surface area contributed by atoms with E-state index in [1.807, 2.05) is 24.3 Å². The summed E-state index contributed by atoms with van der Waals surface area (Å²) in [6.07, 6.45) is 0.833. The van der Waals surface area contributed by atoms with E-state index in [1.54, 1.807) is 0 Å². The molecule has 2 atom stereocenters. The lowest BCUT2D eigenvalue weighted by Crippen LogP contribution is -2.45. The fourth-order valence-electron chi connectivity index (χ4n) is 2.48. The standard InChI is InChI=1S/C15H20ClNO3/c1-11-10-20-14(12-5-2-3-6-13(12)16)9-17(11)8-4-7-15(18)19/h2-3,5-6,11,14H,4,7-10H2,1H3,(H,18,19)/t11-,14-/m0/s1. The van der Waals surface area contributed by atoms with Crippen LogP contribution in [0.5, 0.6) is 0 Å². The minimum atomic E-state index is -0.742. The Hall–Kier alpha value is -1.10. The van der Waals surface area contributed by atoms with Gasteiger partial charge >= 0.3 is 5.97 Å². The number of carbonyl (C=O) groups is 1. The van der Waals surface area contributed by atoms with Crippen molar-refractivity contribution in [3.05, 3.63) is 34.9 Å². The molecule has 1 fully saturated rings. The summed E-state index contributed by atoms with van der Waals surface area (Å²) in [5.41, 5.74) is 1.00. The second kappa shape index (κ2) is 7.07. The number of ether oxygens (including phenoxy) is 1. The fraction of sp³-hybridized carbons (Fsp3) is 0.533. The van der Waals surface area contributed by atoms with Crippen LogP contribution in [0.1, 0.15) is 31.4 Å². The second-order valence-electron chi connectivity index (χ2n) is 5.18. The topological polar surface area (TPSA) is 49.8 Å². The Labute approximate surface area is 124 Å². The van der Waals surface area contributed by atoms with Crippen LogP contribution in [0.4, 0.5) is 0 Å². The number of carboxylic acid groups (broad SMARTS) is 1. The second-order valence-corrected chi connectivity index (χ2v) is 5.59. The van der Waals surface area contributed by atoms with Crippen molar-refractivity contribution in [2.75, 3.05) is 19.7 Å². The Morgan fingerprint density at radius 1 is 1.50 bits per heavy atom. The van der Waals surface area contributed by atoms with Gasteiger partial charge in [0.2, 0.25) is 0 Å². The molecule has 1 heterocycles. The zero-order valence-corrected chi connectivity index (χ0v) is 12.3. The summed E-state index contributed by atoms with van der Waals surface area (Å²) >= 11 is 6.21. The summed E-state index contributed by atoms with van der Waals surface area (Å²) in [4.78, 5) is 12.9. The number of hydrogen-bond donors (Lipinski definition) is 1. The predicted octanol–water partition coefficient (Wildman–Crippen LogP) is 2.97. The molecule has 20 heavy (non-hydrogen) atoms. The van der Waals surface area contributed by atoms with Gasteiger partial charge in [-0.2, -0.15) is 0 Å². The van der Waals surface area contributed by atoms with Crippen LogP contribution in [0.15, 0.2) is 24.3 Å². The largest absolute Gasteiger partial charge is 0.481 e. The molecule has 1 aliphatic rings. The summed E-state index contributed by atoms with van der Waals surface area (Å²) in [6, 6.07) is 8.02. The molecule has 1 N–H and O–H groups in total. The highest BCUT2D eigenvalue weighted by Crippen LogP contribution is 2.29. The van der Waals surface area contributed by atoms with Gasteiger partial charge in [-0.25, -0.2) is 0 Å². The van der Waals surface area contributed by atoms with Crippen molar-refractivity contribution in [3.8, 4) is 0 Å². The van der Waals surface area contributed by atoms with E-state index in [9.17, 15) is 4.79 Å². The number of nitrogens with zero attached hydrogens (tertiary/aromatic N) is 1. The van der Waals surface area contributed by atoms with Gasteiger partial charge in [-0.15, -0.1) is 0 Å². The third-order valence-electron chi connectivity index (χ3n) is 3.65. The van der Waals surface area contributed by atoms with Gasteiger partial charge in [-0.05, 0) is 26.0 Å². The Kier molecular flexibility index (Phi) is 5.40. The van der Waals surface area contributed by atoms with E-state index in [1.165, 1.54) is 0 Å². The van der Waals surface area contributed by atoms with Crippen molar-refractivity contribution in [2.24, 2.45) is 0 Å². The summed E-state index contributed by atoms with van der Waals surface area (Å²) in [5, 5.41) is 9.43. The number of benzene rings is 1. The average Bonchev–Trinajstić information content (AvgIpc) is 2.41. The van der Waals surface area contributed by atoms with Crippen molar-refractivity contribution in [3.63, 3.8) is 0 Å². The van der Waals surface area contributed by atoms with E-state index >= 15 is 0 Å². The predicted molar refractivity (Wildman–Crippen MR) is 78.0 cm³/mol. The van der Waals surface area contributed by atoms with Gasteiger partial charge in [0.15, 0.2) is 0 Å². The van der Waals surface area contributed by atoms with E-state index in [0.29, 0.717) is 19.1 Å². The third-order valence-corrected chi connectivity index (χ3v) is 3.99. The van der Waals surface area contributed by atoms with Crippen LogP contribution < -0.4 is 0 Å². The smallest absolute Gasteiger partial charge is 0.303 e. The third kappa shape index (κ3) is 3.95. The van der Waals surface area contributed by atoms with Gasteiger partial charge in [-0.1, -0.05) is 29.8 Å². The van der Waals surface area contributed by atoms with Crippen LogP contribution >= 0.6 is 11.6 Å². The van der Waals surface area contributed by atoms with Gasteiger partial charge in [0, 0.05) is 29.6 Å². The van der Waals surface area contributed by atoms with E-state index in [-0.39, 0.29) is 12.5 Å². The van der Waals surface area contributed by atoms with E-state index in [2.05, 4.69) is 11.8 Å². The molecule has 0 amide bonds. The monoisotopic (exact) mass is 297 g/mol. The summed E-state index contributed by atoms with van der Waals surface area (Å²) < 4.78 is 5.87. The van der Waals surface area contributed by atoms with Crippen LogP contribution in [0.2, 0.25) is 5.02 Å². The molecule has 1 aliphatic heterocycles. The lowest BCUT2D eigenvalue weighted by Gasteiger charge is -2.38. The SMILES string of the molecule is C[C@H]1CO[C@H](c2ccccc2Cl)CN1CCCC(=O)O. The minimum absolute atomic E-state index is 0.0373. The first kappa shape index (κ1) is 15.3. The lowest BCUT2D eigenvalue weighted by molar-refractivity contribution is -0.137. The molecule has 0 aliphatic carbocycles. The molecule has 2 rings (SSSR count). The fourth-order valence-corrected chi connectivity index (χ4v) is 2.73. The van der Waals surface area contributed by atoms with Gasteiger partial charge < -0.3 is 9.84 Å². The van der Waals surface area contributed by atoms with Crippen LogP contribution in [0.25, 0.3) is 0 Å². The summed E-state index contributed by atoms with van der Waals surface area (Å²) in [5.74, 6) is -0.742. The Bertz CT molecular complexity index is 466. The molecule has 0 bridgehead atoms. The first-order valence-corrected chi connectivity index (χ1v) is 7.27. The molecule has 1 aromatic rings. The van der Waals surface area contributed by atoms with Crippen molar-refractivity contribution < 1.29 is 14.6 Å². The molecule has 0 saturated carbocycles.